The summed E-state index contributed by atoms with van der Waals surface area (Å²) in [4.78, 5) is 0.323. The van der Waals surface area contributed by atoms with Crippen molar-refractivity contribution in [3.8, 4) is 0 Å². The van der Waals surface area contributed by atoms with Crippen LogP contribution in [0.25, 0.3) is 0 Å². The Morgan fingerprint density at radius 2 is 1.65 bits per heavy atom. The van der Waals surface area contributed by atoms with Gasteiger partial charge in [-0.05, 0) is 44.0 Å². The Hall–Kier alpha value is -0.910. The van der Waals surface area contributed by atoms with Crippen LogP contribution in [0.1, 0.15) is 45.7 Å². The minimum absolute atomic E-state index is 0.0316. The van der Waals surface area contributed by atoms with Crippen molar-refractivity contribution >= 4 is 10.0 Å². The predicted octanol–water partition coefficient (Wildman–Crippen LogP) is 2.68. The van der Waals surface area contributed by atoms with Crippen LogP contribution in [0.4, 0.5) is 0 Å². The summed E-state index contributed by atoms with van der Waals surface area (Å²) in [5, 5.41) is 3.13. The summed E-state index contributed by atoms with van der Waals surface area (Å²) in [5.41, 5.74) is 1.07. The molecule has 0 bridgehead atoms. The maximum absolute atomic E-state index is 12.3. The van der Waals surface area contributed by atoms with Crippen molar-refractivity contribution in [1.29, 1.82) is 0 Å². The number of nitrogens with one attached hydrogen (secondary N) is 2. The van der Waals surface area contributed by atoms with E-state index in [0.29, 0.717) is 4.90 Å². The average molecular weight is 298 g/mol. The fourth-order valence-electron chi connectivity index (χ4n) is 2.06. The first-order valence-corrected chi connectivity index (χ1v) is 8.59. The van der Waals surface area contributed by atoms with E-state index in [-0.39, 0.29) is 18.0 Å². The fourth-order valence-corrected chi connectivity index (χ4v) is 3.53. The summed E-state index contributed by atoms with van der Waals surface area (Å²) in [6, 6.07) is 7.21. The van der Waals surface area contributed by atoms with Gasteiger partial charge < -0.3 is 5.32 Å². The van der Waals surface area contributed by atoms with Crippen molar-refractivity contribution in [1.82, 2.24) is 10.0 Å². The minimum Gasteiger partial charge on any atom is -0.313 e. The molecule has 0 aliphatic heterocycles. The van der Waals surface area contributed by atoms with Crippen LogP contribution >= 0.6 is 0 Å². The lowest BCUT2D eigenvalue weighted by Crippen LogP contribution is -2.37. The van der Waals surface area contributed by atoms with Gasteiger partial charge in [-0.2, -0.15) is 0 Å². The second-order valence-corrected chi connectivity index (χ2v) is 7.17. The van der Waals surface area contributed by atoms with Gasteiger partial charge in [-0.25, -0.2) is 13.1 Å². The van der Waals surface area contributed by atoms with Crippen molar-refractivity contribution in [2.24, 2.45) is 5.92 Å². The Morgan fingerprint density at radius 3 is 2.05 bits per heavy atom. The molecule has 0 radical (unpaired) electrons. The Kier molecular flexibility index (Phi) is 6.17. The van der Waals surface area contributed by atoms with Crippen LogP contribution in [-0.4, -0.2) is 21.5 Å². The third kappa shape index (κ3) is 4.30. The van der Waals surface area contributed by atoms with Gasteiger partial charge in [0, 0.05) is 12.1 Å². The van der Waals surface area contributed by atoms with E-state index in [9.17, 15) is 8.42 Å². The lowest BCUT2D eigenvalue weighted by atomic mass is 10.0. The standard InChI is InChI=1S/C15H26N2O2S/c1-6-15(11(2)3)17-20(18,19)14-9-7-13(8-10-14)12(4)16-5/h7-12,15-17H,6H2,1-5H3. The molecule has 4 nitrogen and oxygen atoms in total. The SMILES string of the molecule is CCC(NS(=O)(=O)c1ccc(C(C)NC)cc1)C(C)C. The Morgan fingerprint density at radius 1 is 1.10 bits per heavy atom. The van der Waals surface area contributed by atoms with Gasteiger partial charge in [0.25, 0.3) is 0 Å². The normalized spacial score (nSPS) is 15.3. The molecule has 1 rings (SSSR count). The lowest BCUT2D eigenvalue weighted by molar-refractivity contribution is 0.437. The van der Waals surface area contributed by atoms with Crippen molar-refractivity contribution in [2.45, 2.75) is 51.1 Å². The third-order valence-corrected chi connectivity index (χ3v) is 5.18. The quantitative estimate of drug-likeness (QED) is 0.813. The predicted molar refractivity (Wildman–Crippen MR) is 83.2 cm³/mol. The zero-order valence-electron chi connectivity index (χ0n) is 13.0. The van der Waals surface area contributed by atoms with E-state index in [4.69, 9.17) is 0 Å². The molecular formula is C15H26N2O2S. The van der Waals surface area contributed by atoms with Gasteiger partial charge in [0.2, 0.25) is 10.0 Å². The summed E-state index contributed by atoms with van der Waals surface area (Å²) in [6.45, 7) is 8.07. The van der Waals surface area contributed by atoms with Crippen LogP contribution in [0.3, 0.4) is 0 Å². The molecule has 0 fully saturated rings. The molecule has 1 aromatic rings. The second kappa shape index (κ2) is 7.20. The summed E-state index contributed by atoms with van der Waals surface area (Å²) < 4.78 is 27.4. The lowest BCUT2D eigenvalue weighted by Gasteiger charge is -2.20. The highest BCUT2D eigenvalue weighted by Gasteiger charge is 2.21. The maximum atomic E-state index is 12.3. The van der Waals surface area contributed by atoms with Crippen LogP contribution in [0.5, 0.6) is 0 Å². The minimum atomic E-state index is -3.44. The van der Waals surface area contributed by atoms with E-state index in [1.807, 2.05) is 46.9 Å². The highest BCUT2D eigenvalue weighted by molar-refractivity contribution is 7.89. The van der Waals surface area contributed by atoms with Crippen molar-refractivity contribution in [3.63, 3.8) is 0 Å². The van der Waals surface area contributed by atoms with Crippen molar-refractivity contribution in [2.75, 3.05) is 7.05 Å². The Labute approximate surface area is 123 Å². The molecule has 0 aromatic heterocycles. The van der Waals surface area contributed by atoms with Crippen LogP contribution < -0.4 is 10.0 Å². The van der Waals surface area contributed by atoms with Gasteiger partial charge in [0.15, 0.2) is 0 Å². The molecule has 0 saturated carbocycles. The monoisotopic (exact) mass is 298 g/mol. The molecule has 0 aliphatic rings. The van der Waals surface area contributed by atoms with E-state index in [1.54, 1.807) is 12.1 Å². The van der Waals surface area contributed by atoms with Gasteiger partial charge in [0.05, 0.1) is 4.90 Å². The Balaban J connectivity index is 2.93. The first kappa shape index (κ1) is 17.1. The highest BCUT2D eigenvalue weighted by atomic mass is 32.2. The molecule has 114 valence electrons. The van der Waals surface area contributed by atoms with E-state index >= 15 is 0 Å². The van der Waals surface area contributed by atoms with Crippen LogP contribution in [0.15, 0.2) is 29.2 Å². The smallest absolute Gasteiger partial charge is 0.240 e. The van der Waals surface area contributed by atoms with Crippen molar-refractivity contribution in [3.05, 3.63) is 29.8 Å². The summed E-state index contributed by atoms with van der Waals surface area (Å²) >= 11 is 0. The molecular weight excluding hydrogens is 272 g/mol. The molecule has 0 aliphatic carbocycles. The highest BCUT2D eigenvalue weighted by Crippen LogP contribution is 2.17. The van der Waals surface area contributed by atoms with E-state index < -0.39 is 10.0 Å². The molecule has 20 heavy (non-hydrogen) atoms. The van der Waals surface area contributed by atoms with Gasteiger partial charge in [0.1, 0.15) is 0 Å². The van der Waals surface area contributed by atoms with Crippen LogP contribution in [0, 0.1) is 5.92 Å². The number of benzene rings is 1. The first-order valence-electron chi connectivity index (χ1n) is 7.11. The zero-order chi connectivity index (χ0) is 15.3. The topological polar surface area (TPSA) is 58.2 Å². The zero-order valence-corrected chi connectivity index (χ0v) is 13.8. The molecule has 1 aromatic carbocycles. The van der Waals surface area contributed by atoms with Crippen LogP contribution in [-0.2, 0) is 10.0 Å². The maximum Gasteiger partial charge on any atom is 0.240 e. The molecule has 2 atom stereocenters. The fraction of sp³-hybridized carbons (Fsp3) is 0.600. The molecule has 2 unspecified atom stereocenters. The third-order valence-electron chi connectivity index (χ3n) is 3.67. The summed E-state index contributed by atoms with van der Waals surface area (Å²) in [7, 11) is -1.56. The van der Waals surface area contributed by atoms with Gasteiger partial charge in [-0.15, -0.1) is 0 Å². The van der Waals surface area contributed by atoms with Crippen molar-refractivity contribution < 1.29 is 8.42 Å². The largest absolute Gasteiger partial charge is 0.313 e. The molecule has 0 saturated heterocycles. The number of rotatable bonds is 7. The molecule has 0 heterocycles. The van der Waals surface area contributed by atoms with Gasteiger partial charge in [-0.1, -0.05) is 32.9 Å². The van der Waals surface area contributed by atoms with E-state index in [0.717, 1.165) is 12.0 Å². The second-order valence-electron chi connectivity index (χ2n) is 5.46. The molecule has 2 N–H and O–H groups in total. The summed E-state index contributed by atoms with van der Waals surface area (Å²) in [6.07, 6.45) is 0.784. The van der Waals surface area contributed by atoms with Crippen LogP contribution in [0.2, 0.25) is 0 Å². The average Bonchev–Trinajstić information content (AvgIpc) is 2.43. The molecule has 0 spiro atoms. The van der Waals surface area contributed by atoms with Gasteiger partial charge in [-0.3, -0.25) is 0 Å². The van der Waals surface area contributed by atoms with E-state index in [2.05, 4.69) is 10.0 Å². The number of sulfonamides is 1. The summed E-state index contributed by atoms with van der Waals surface area (Å²) in [5.74, 6) is 0.276. The first-order chi connectivity index (χ1) is 9.31. The Bertz CT molecular complexity index is 509. The molecule has 5 heteroatoms. The number of hydrogen-bond acceptors (Lipinski definition) is 3. The van der Waals surface area contributed by atoms with Gasteiger partial charge >= 0.3 is 0 Å². The van der Waals surface area contributed by atoms with E-state index in [1.165, 1.54) is 0 Å². The molecule has 0 amide bonds. The number of hydrogen-bond donors (Lipinski definition) is 2.